The van der Waals surface area contributed by atoms with Gasteiger partial charge in [0.1, 0.15) is 6.34 Å². The molecule has 0 aliphatic carbocycles. The molecule has 0 saturated carbocycles. The molecule has 1 N–H and O–H groups in total. The number of thiophene rings is 1. The van der Waals surface area contributed by atoms with Crippen molar-refractivity contribution in [2.45, 2.75) is 26.9 Å². The van der Waals surface area contributed by atoms with E-state index < -0.39 is 0 Å². The third-order valence-corrected chi connectivity index (χ3v) is 4.10. The summed E-state index contributed by atoms with van der Waals surface area (Å²) in [6, 6.07) is 2.03. The van der Waals surface area contributed by atoms with Gasteiger partial charge in [-0.3, -0.25) is 0 Å². The van der Waals surface area contributed by atoms with E-state index >= 15 is 0 Å². The van der Waals surface area contributed by atoms with Gasteiger partial charge in [-0.25, -0.2) is 9.41 Å². The lowest BCUT2D eigenvalue weighted by Crippen LogP contribution is -2.25. The first-order valence-corrected chi connectivity index (χ1v) is 7.12. The molecule has 1 aliphatic heterocycles. The third kappa shape index (κ3) is 3.19. The Labute approximate surface area is 112 Å². The maximum atomic E-state index is 12.2. The summed E-state index contributed by atoms with van der Waals surface area (Å²) < 4.78 is 14.4. The largest absolute Gasteiger partial charge is 0.247 e. The number of aliphatic imine (C=N–C) groups is 1. The average Bonchev–Trinajstić information content (AvgIpc) is 2.87. The maximum Gasteiger partial charge on any atom is 0.182 e. The zero-order valence-electron chi connectivity index (χ0n) is 9.20. The van der Waals surface area contributed by atoms with Crippen LogP contribution in [0.2, 0.25) is 0 Å². The van der Waals surface area contributed by atoms with Crippen molar-refractivity contribution in [1.82, 2.24) is 9.84 Å². The lowest BCUT2D eigenvalue weighted by molar-refractivity contribution is 0.455. The first-order chi connectivity index (χ1) is 7.70. The van der Waals surface area contributed by atoms with Crippen LogP contribution in [0.25, 0.3) is 0 Å². The van der Waals surface area contributed by atoms with Gasteiger partial charge in [-0.15, -0.1) is 15.2 Å². The van der Waals surface area contributed by atoms with Crippen LogP contribution in [0.15, 0.2) is 15.5 Å². The fourth-order valence-electron chi connectivity index (χ4n) is 1.17. The lowest BCUT2D eigenvalue weighted by atomic mass is 10.4. The fraction of sp³-hybridized carbons (Fsp3) is 0.444. The van der Waals surface area contributed by atoms with Crippen molar-refractivity contribution in [2.24, 2.45) is 4.99 Å². The van der Waals surface area contributed by atoms with Crippen molar-refractivity contribution in [1.29, 1.82) is 0 Å². The van der Waals surface area contributed by atoms with Crippen LogP contribution in [0.1, 0.15) is 29.8 Å². The van der Waals surface area contributed by atoms with Crippen molar-refractivity contribution in [3.05, 3.63) is 20.3 Å². The lowest BCUT2D eigenvalue weighted by Gasteiger charge is -2.10. The molecule has 3 nitrogen and oxygen atoms in total. The summed E-state index contributed by atoms with van der Waals surface area (Å²) in [7, 11) is 0. The van der Waals surface area contributed by atoms with Gasteiger partial charge < -0.3 is 0 Å². The van der Waals surface area contributed by atoms with E-state index in [9.17, 15) is 3.89 Å². The van der Waals surface area contributed by atoms with E-state index in [4.69, 9.17) is 0 Å². The zero-order valence-corrected chi connectivity index (χ0v) is 12.4. The van der Waals surface area contributed by atoms with E-state index in [0.29, 0.717) is 0 Å². The summed E-state index contributed by atoms with van der Waals surface area (Å²) in [6.45, 7) is 6.03. The second-order valence-corrected chi connectivity index (χ2v) is 5.43. The number of hydrazine groups is 1. The molecule has 0 bridgehead atoms. The highest BCUT2D eigenvalue weighted by Gasteiger charge is 2.22. The Morgan fingerprint density at radius 1 is 1.62 bits per heavy atom. The van der Waals surface area contributed by atoms with Crippen molar-refractivity contribution in [3.63, 3.8) is 0 Å². The van der Waals surface area contributed by atoms with E-state index in [1.807, 2.05) is 26.8 Å². The monoisotopic (exact) mass is 325 g/mol. The minimum atomic E-state index is -0.175. The molecule has 1 atom stereocenters. The molecule has 16 heavy (non-hydrogen) atoms. The number of rotatable bonds is 2. The van der Waals surface area contributed by atoms with Crippen LogP contribution < -0.4 is 5.43 Å². The van der Waals surface area contributed by atoms with Gasteiger partial charge in [0.15, 0.2) is 18.5 Å². The van der Waals surface area contributed by atoms with Gasteiger partial charge in [0.2, 0.25) is 0 Å². The number of halogens is 2. The molecule has 1 aromatic rings. The number of nitrogens with one attached hydrogen (secondary N) is 1. The number of hydrogen-bond acceptors (Lipinski definition) is 5. The Kier molecular flexibility index (Phi) is 5.74. The number of nitrogens with zero attached hydrogens (tertiary/aromatic N) is 2. The van der Waals surface area contributed by atoms with Gasteiger partial charge in [0, 0.05) is 9.35 Å². The molecule has 1 aliphatic rings. The van der Waals surface area contributed by atoms with Crippen molar-refractivity contribution in [3.8, 4) is 0 Å². The highest BCUT2D eigenvalue weighted by Crippen LogP contribution is 2.34. The highest BCUT2D eigenvalue weighted by molar-refractivity contribution is 9.10. The normalized spacial score (nSPS) is 18.6. The maximum absolute atomic E-state index is 12.2. The molecule has 0 fully saturated rings. The van der Waals surface area contributed by atoms with Crippen LogP contribution in [-0.2, 0) is 0 Å². The molecule has 0 radical (unpaired) electrons. The summed E-state index contributed by atoms with van der Waals surface area (Å²) >= 11 is 5.19. The third-order valence-electron chi connectivity index (χ3n) is 1.73. The average molecular weight is 326 g/mol. The Hall–Kier alpha value is -0.110. The topological polar surface area (TPSA) is 27.6 Å². The van der Waals surface area contributed by atoms with Crippen LogP contribution in [-0.4, -0.2) is 10.8 Å². The molecule has 90 valence electrons. The molecule has 7 heteroatoms. The highest BCUT2D eigenvalue weighted by atomic mass is 79.9. The van der Waals surface area contributed by atoms with Crippen LogP contribution in [0.3, 0.4) is 0 Å². The Bertz CT molecular complexity index is 370. The zero-order chi connectivity index (χ0) is 12.1. The molecule has 2 rings (SSSR count). The van der Waals surface area contributed by atoms with Crippen molar-refractivity contribution in [2.75, 3.05) is 0 Å². The van der Waals surface area contributed by atoms with Gasteiger partial charge in [0.05, 0.1) is 4.88 Å². The molecule has 0 aromatic carbocycles. The van der Waals surface area contributed by atoms with E-state index in [-0.39, 0.29) is 18.5 Å². The minimum absolute atomic E-state index is 0.106. The molecule has 0 amide bonds. The van der Waals surface area contributed by atoms with E-state index in [0.717, 1.165) is 9.35 Å². The molecule has 1 aromatic heterocycles. The van der Waals surface area contributed by atoms with E-state index in [2.05, 4.69) is 26.3 Å². The number of aryl methyl sites for hydroxylation is 1. The van der Waals surface area contributed by atoms with Crippen molar-refractivity contribution < 1.29 is 3.89 Å². The van der Waals surface area contributed by atoms with Crippen molar-refractivity contribution >= 4 is 45.9 Å². The number of hydrogen-bond donors (Lipinski definition) is 1. The van der Waals surface area contributed by atoms with E-state index in [1.54, 1.807) is 11.3 Å². The van der Waals surface area contributed by atoms with Crippen LogP contribution in [0.4, 0.5) is 3.89 Å². The van der Waals surface area contributed by atoms with Crippen LogP contribution in [0, 0.1) is 6.92 Å². The van der Waals surface area contributed by atoms with Gasteiger partial charge in [-0.1, -0.05) is 13.8 Å². The Morgan fingerprint density at radius 3 is 2.75 bits per heavy atom. The van der Waals surface area contributed by atoms with E-state index in [1.165, 1.54) is 15.6 Å². The summed E-state index contributed by atoms with van der Waals surface area (Å²) in [6.07, 6.45) is 1.27. The van der Waals surface area contributed by atoms with Crippen LogP contribution >= 0.6 is 39.6 Å². The first-order valence-electron chi connectivity index (χ1n) is 4.84. The minimum Gasteiger partial charge on any atom is -0.247 e. The van der Waals surface area contributed by atoms with Gasteiger partial charge in [-0.2, -0.15) is 5.43 Å². The Balaban J connectivity index is 0.000000606. The predicted octanol–water partition coefficient (Wildman–Crippen LogP) is 4.23. The molecule has 0 saturated heterocycles. The first kappa shape index (κ1) is 14.0. The predicted molar refractivity (Wildman–Crippen MR) is 73.0 cm³/mol. The second-order valence-electron chi connectivity index (χ2n) is 2.76. The molecule has 0 spiro atoms. The van der Waals surface area contributed by atoms with Gasteiger partial charge in [0.25, 0.3) is 0 Å². The molecular formula is C9H13BrFN3S2. The molecule has 1 unspecified atom stereocenters. The summed E-state index contributed by atoms with van der Waals surface area (Å²) in [5.74, 6) is 0. The summed E-state index contributed by atoms with van der Waals surface area (Å²) in [5.41, 5.74) is 2.89. The second kappa shape index (κ2) is 6.58. The quantitative estimate of drug-likeness (QED) is 0.825. The Morgan fingerprint density at radius 2 is 2.31 bits per heavy atom. The molecule has 2 heterocycles. The van der Waals surface area contributed by atoms with Crippen LogP contribution in [0.5, 0.6) is 0 Å². The van der Waals surface area contributed by atoms with Gasteiger partial charge >= 0.3 is 0 Å². The summed E-state index contributed by atoms with van der Waals surface area (Å²) in [4.78, 5) is 6.41. The summed E-state index contributed by atoms with van der Waals surface area (Å²) in [5, 5.41) is 0. The van der Waals surface area contributed by atoms with Gasteiger partial charge in [-0.05, 0) is 28.9 Å². The molecular weight excluding hydrogens is 313 g/mol. The standard InChI is InChI=1S/C7H7BrFN3S2.C2H6/c1-4-2-5(8)6(13-4)7-10-3-12(11-7)14-9;1-2/h2-3,7,11H,1H3;1-2H3. The SMILES string of the molecule is CC.Cc1cc(Br)c(C2N=CN(SF)N2)s1. The fourth-order valence-corrected chi connectivity index (χ4v) is 3.26. The smallest absolute Gasteiger partial charge is 0.182 e.